The summed E-state index contributed by atoms with van der Waals surface area (Å²) in [6.07, 6.45) is 7.85. The molecule has 1 atom stereocenters. The lowest BCUT2D eigenvalue weighted by Gasteiger charge is -2.07. The normalized spacial score (nSPS) is 22.8. The van der Waals surface area contributed by atoms with E-state index in [9.17, 15) is 4.79 Å². The van der Waals surface area contributed by atoms with E-state index in [-0.39, 0.29) is 0 Å². The Morgan fingerprint density at radius 3 is 2.92 bits per heavy atom. The molecule has 1 unspecified atom stereocenters. The summed E-state index contributed by atoms with van der Waals surface area (Å²) in [5, 5.41) is 17.3. The minimum Gasteiger partial charge on any atom is -0.478 e. The van der Waals surface area contributed by atoms with Crippen LogP contribution in [0.1, 0.15) is 6.42 Å². The zero-order chi connectivity index (χ0) is 8.97. The van der Waals surface area contributed by atoms with Crippen LogP contribution in [-0.2, 0) is 4.79 Å². The van der Waals surface area contributed by atoms with Crippen LogP contribution in [0, 0.1) is 0 Å². The summed E-state index contributed by atoms with van der Waals surface area (Å²) in [5.74, 6) is -0.963. The first-order valence-electron chi connectivity index (χ1n) is 3.66. The largest absolute Gasteiger partial charge is 0.478 e. The maximum atomic E-state index is 10.1. The molecule has 0 aliphatic heterocycles. The van der Waals surface area contributed by atoms with Gasteiger partial charge in [0.05, 0.1) is 6.10 Å². The maximum absolute atomic E-state index is 10.1. The van der Waals surface area contributed by atoms with E-state index in [2.05, 4.69) is 0 Å². The van der Waals surface area contributed by atoms with Crippen molar-refractivity contribution in [1.82, 2.24) is 0 Å². The summed E-state index contributed by atoms with van der Waals surface area (Å²) in [7, 11) is 0. The van der Waals surface area contributed by atoms with Crippen molar-refractivity contribution in [2.75, 3.05) is 0 Å². The summed E-state index contributed by atoms with van der Waals surface area (Å²) < 4.78 is 0. The third-order valence-corrected chi connectivity index (χ3v) is 1.52. The van der Waals surface area contributed by atoms with Gasteiger partial charge in [0, 0.05) is 6.08 Å². The molecule has 0 saturated carbocycles. The summed E-state index contributed by atoms with van der Waals surface area (Å²) in [6, 6.07) is 0. The van der Waals surface area contributed by atoms with Gasteiger partial charge in [0.1, 0.15) is 0 Å². The van der Waals surface area contributed by atoms with Gasteiger partial charge in [-0.05, 0) is 18.1 Å². The number of hydrogen-bond acceptors (Lipinski definition) is 2. The molecule has 12 heavy (non-hydrogen) atoms. The quantitative estimate of drug-likeness (QED) is 0.598. The van der Waals surface area contributed by atoms with Crippen molar-refractivity contribution >= 4 is 5.97 Å². The lowest BCUT2D eigenvalue weighted by molar-refractivity contribution is -0.131. The second kappa shape index (κ2) is 3.88. The predicted molar refractivity (Wildman–Crippen MR) is 44.6 cm³/mol. The van der Waals surface area contributed by atoms with E-state index in [0.717, 1.165) is 11.6 Å². The van der Waals surface area contributed by atoms with E-state index >= 15 is 0 Å². The Bertz CT molecular complexity index is 261. The third kappa shape index (κ3) is 2.72. The van der Waals surface area contributed by atoms with Crippen molar-refractivity contribution in [3.63, 3.8) is 0 Å². The molecule has 1 aliphatic carbocycles. The first-order valence-corrected chi connectivity index (χ1v) is 3.66. The van der Waals surface area contributed by atoms with Crippen molar-refractivity contribution in [1.29, 1.82) is 0 Å². The van der Waals surface area contributed by atoms with Crippen LogP contribution in [0.25, 0.3) is 0 Å². The van der Waals surface area contributed by atoms with Crippen LogP contribution in [-0.4, -0.2) is 22.3 Å². The fraction of sp³-hybridized carbons (Fsp3) is 0.222. The Morgan fingerprint density at radius 2 is 2.42 bits per heavy atom. The fourth-order valence-corrected chi connectivity index (χ4v) is 0.917. The van der Waals surface area contributed by atoms with Gasteiger partial charge in [-0.15, -0.1) is 0 Å². The number of carboxylic acids is 1. The maximum Gasteiger partial charge on any atom is 0.328 e. The number of aliphatic hydroxyl groups excluding tert-OH is 1. The van der Waals surface area contributed by atoms with Gasteiger partial charge in [0.2, 0.25) is 0 Å². The zero-order valence-corrected chi connectivity index (χ0v) is 6.47. The molecule has 0 aromatic carbocycles. The van der Waals surface area contributed by atoms with Gasteiger partial charge < -0.3 is 10.2 Å². The first-order chi connectivity index (χ1) is 5.68. The molecular formula is C9H10O3. The van der Waals surface area contributed by atoms with Gasteiger partial charge in [-0.2, -0.15) is 0 Å². The van der Waals surface area contributed by atoms with Crippen LogP contribution in [0.4, 0.5) is 0 Å². The monoisotopic (exact) mass is 166 g/mol. The lowest BCUT2D eigenvalue weighted by Crippen LogP contribution is -2.03. The average molecular weight is 166 g/mol. The van der Waals surface area contributed by atoms with Crippen molar-refractivity contribution in [2.45, 2.75) is 12.5 Å². The lowest BCUT2D eigenvalue weighted by atomic mass is 10.1. The highest BCUT2D eigenvalue weighted by atomic mass is 16.4. The second-order valence-electron chi connectivity index (χ2n) is 2.54. The van der Waals surface area contributed by atoms with Crippen LogP contribution in [0.3, 0.4) is 0 Å². The van der Waals surface area contributed by atoms with E-state index in [1.807, 2.05) is 0 Å². The van der Waals surface area contributed by atoms with Gasteiger partial charge >= 0.3 is 5.97 Å². The molecule has 0 aromatic heterocycles. The van der Waals surface area contributed by atoms with E-state index < -0.39 is 12.1 Å². The Morgan fingerprint density at radius 1 is 1.67 bits per heavy atom. The minimum atomic E-state index is -0.963. The van der Waals surface area contributed by atoms with Crippen LogP contribution in [0.2, 0.25) is 0 Å². The molecule has 3 heteroatoms. The first kappa shape index (κ1) is 8.74. The molecule has 0 fully saturated rings. The van der Waals surface area contributed by atoms with Crippen molar-refractivity contribution in [3.05, 3.63) is 36.0 Å². The number of rotatable bonds is 2. The molecule has 0 amide bonds. The van der Waals surface area contributed by atoms with E-state index in [1.165, 1.54) is 6.08 Å². The smallest absolute Gasteiger partial charge is 0.328 e. The van der Waals surface area contributed by atoms with Crippen molar-refractivity contribution < 1.29 is 15.0 Å². The van der Waals surface area contributed by atoms with Crippen LogP contribution >= 0.6 is 0 Å². The molecule has 1 rings (SSSR count). The number of aliphatic hydroxyl groups is 1. The summed E-state index contributed by atoms with van der Waals surface area (Å²) in [4.78, 5) is 10.1. The Balaban J connectivity index is 2.56. The van der Waals surface area contributed by atoms with Gasteiger partial charge in [-0.3, -0.25) is 0 Å². The molecule has 64 valence electrons. The van der Waals surface area contributed by atoms with Gasteiger partial charge in [-0.25, -0.2) is 4.79 Å². The highest BCUT2D eigenvalue weighted by Gasteiger charge is 2.01. The van der Waals surface area contributed by atoms with Crippen molar-refractivity contribution in [2.24, 2.45) is 0 Å². The topological polar surface area (TPSA) is 57.5 Å². The van der Waals surface area contributed by atoms with Gasteiger partial charge in [-0.1, -0.05) is 18.2 Å². The Labute approximate surface area is 70.3 Å². The average Bonchev–Trinajstić information content (AvgIpc) is 2.03. The molecule has 3 nitrogen and oxygen atoms in total. The molecule has 0 spiro atoms. The highest BCUT2D eigenvalue weighted by molar-refractivity contribution is 5.80. The van der Waals surface area contributed by atoms with Crippen molar-refractivity contribution in [3.8, 4) is 0 Å². The Hall–Kier alpha value is -1.35. The number of carboxylic acid groups (broad SMARTS) is 1. The molecule has 0 aromatic rings. The molecule has 2 N–H and O–H groups in total. The summed E-state index contributed by atoms with van der Waals surface area (Å²) in [5.41, 5.74) is 0.822. The molecule has 0 radical (unpaired) electrons. The third-order valence-electron chi connectivity index (χ3n) is 1.52. The summed E-state index contributed by atoms with van der Waals surface area (Å²) in [6.45, 7) is 0. The second-order valence-corrected chi connectivity index (χ2v) is 2.54. The van der Waals surface area contributed by atoms with E-state index in [4.69, 9.17) is 10.2 Å². The molecule has 0 heterocycles. The van der Waals surface area contributed by atoms with Gasteiger partial charge in [0.25, 0.3) is 0 Å². The molecular weight excluding hydrogens is 156 g/mol. The number of allylic oxidation sites excluding steroid dienone is 3. The number of hydrogen-bond donors (Lipinski definition) is 2. The highest BCUT2D eigenvalue weighted by Crippen LogP contribution is 2.10. The fourth-order valence-electron chi connectivity index (χ4n) is 0.917. The van der Waals surface area contributed by atoms with E-state index in [1.54, 1.807) is 18.2 Å². The number of aliphatic carboxylic acids is 1. The zero-order valence-electron chi connectivity index (χ0n) is 6.47. The summed E-state index contributed by atoms with van der Waals surface area (Å²) >= 11 is 0. The van der Waals surface area contributed by atoms with Crippen LogP contribution in [0.15, 0.2) is 36.0 Å². The predicted octanol–water partition coefficient (Wildman–Crippen LogP) is 0.874. The number of carbonyl (C=O) groups is 1. The van der Waals surface area contributed by atoms with Crippen LogP contribution in [0.5, 0.6) is 0 Å². The van der Waals surface area contributed by atoms with E-state index in [0.29, 0.717) is 6.42 Å². The molecule has 0 bridgehead atoms. The van der Waals surface area contributed by atoms with Gasteiger partial charge in [0.15, 0.2) is 0 Å². The molecule has 0 saturated heterocycles. The SMILES string of the molecule is O=C(O)/C=C/C1=CCC(O)C=C1. The standard InChI is InChI=1S/C9H10O3/c10-8-4-1-7(2-5-8)3-6-9(11)12/h1-4,6,8,10H,5H2,(H,11,12)/b6-3+. The van der Waals surface area contributed by atoms with Crippen LogP contribution < -0.4 is 0 Å². The Kier molecular flexibility index (Phi) is 2.82. The minimum absolute atomic E-state index is 0.424. The molecule has 1 aliphatic rings.